The first-order valence-corrected chi connectivity index (χ1v) is 7.36. The summed E-state index contributed by atoms with van der Waals surface area (Å²) < 4.78 is 6.49. The third kappa shape index (κ3) is 3.49. The third-order valence-corrected chi connectivity index (χ3v) is 4.38. The largest absolute Gasteiger partial charge is 0.487 e. The first-order chi connectivity index (χ1) is 8.97. The van der Waals surface area contributed by atoms with Crippen molar-refractivity contribution in [3.8, 4) is 5.75 Å². The SMILES string of the molecule is Cc1sc(C(=O)O)cc1COc1ccc(Br)cc1Cl. The van der Waals surface area contributed by atoms with Gasteiger partial charge in [-0.25, -0.2) is 4.79 Å². The van der Waals surface area contributed by atoms with Crippen LogP contribution in [0.25, 0.3) is 0 Å². The van der Waals surface area contributed by atoms with Crippen LogP contribution in [0.2, 0.25) is 5.02 Å². The lowest BCUT2D eigenvalue weighted by Gasteiger charge is -2.07. The van der Waals surface area contributed by atoms with Crippen molar-refractivity contribution in [2.24, 2.45) is 0 Å². The number of thiophene rings is 1. The maximum absolute atomic E-state index is 10.9. The highest BCUT2D eigenvalue weighted by atomic mass is 79.9. The van der Waals surface area contributed by atoms with Crippen LogP contribution < -0.4 is 4.74 Å². The van der Waals surface area contributed by atoms with E-state index in [0.29, 0.717) is 22.3 Å². The summed E-state index contributed by atoms with van der Waals surface area (Å²) in [5.41, 5.74) is 0.862. The molecule has 3 nitrogen and oxygen atoms in total. The van der Waals surface area contributed by atoms with E-state index >= 15 is 0 Å². The zero-order chi connectivity index (χ0) is 14.0. The van der Waals surface area contributed by atoms with Crippen molar-refractivity contribution >= 4 is 44.8 Å². The topological polar surface area (TPSA) is 46.5 Å². The molecule has 0 bridgehead atoms. The van der Waals surface area contributed by atoms with E-state index in [-0.39, 0.29) is 0 Å². The summed E-state index contributed by atoms with van der Waals surface area (Å²) in [6.45, 7) is 2.18. The Labute approximate surface area is 127 Å². The summed E-state index contributed by atoms with van der Waals surface area (Å²) in [4.78, 5) is 12.1. The van der Waals surface area contributed by atoms with Crippen LogP contribution in [-0.2, 0) is 6.61 Å². The summed E-state index contributed by atoms with van der Waals surface area (Å²) in [6, 6.07) is 6.99. The minimum absolute atomic E-state index is 0.303. The standard InChI is InChI=1S/C13H10BrClO3S/c1-7-8(4-12(19-7)13(16)17)6-18-11-3-2-9(14)5-10(11)15/h2-5H,6H2,1H3,(H,16,17). The Morgan fingerprint density at radius 1 is 1.47 bits per heavy atom. The normalized spacial score (nSPS) is 10.5. The van der Waals surface area contributed by atoms with Crippen LogP contribution in [-0.4, -0.2) is 11.1 Å². The number of ether oxygens (including phenoxy) is 1. The first kappa shape index (κ1) is 14.4. The smallest absolute Gasteiger partial charge is 0.345 e. The summed E-state index contributed by atoms with van der Waals surface area (Å²) in [7, 11) is 0. The van der Waals surface area contributed by atoms with Crippen LogP contribution in [0.3, 0.4) is 0 Å². The highest BCUT2D eigenvalue weighted by Gasteiger charge is 2.12. The monoisotopic (exact) mass is 360 g/mol. The van der Waals surface area contributed by atoms with E-state index in [1.54, 1.807) is 18.2 Å². The molecule has 0 aliphatic carbocycles. The zero-order valence-corrected chi connectivity index (χ0v) is 13.1. The number of benzene rings is 1. The molecular formula is C13H10BrClO3S. The van der Waals surface area contributed by atoms with Crippen molar-refractivity contribution in [2.45, 2.75) is 13.5 Å². The predicted octanol–water partition coefficient (Wildman–Crippen LogP) is 4.75. The molecule has 2 aromatic rings. The van der Waals surface area contributed by atoms with Gasteiger partial charge in [0.2, 0.25) is 0 Å². The fourth-order valence-electron chi connectivity index (χ4n) is 1.52. The number of rotatable bonds is 4. The first-order valence-electron chi connectivity index (χ1n) is 5.38. The van der Waals surface area contributed by atoms with Gasteiger partial charge in [-0.15, -0.1) is 11.3 Å². The second-order valence-electron chi connectivity index (χ2n) is 3.86. The molecule has 0 fully saturated rings. The Morgan fingerprint density at radius 2 is 2.21 bits per heavy atom. The molecule has 0 spiro atoms. The Morgan fingerprint density at radius 3 is 2.79 bits per heavy atom. The van der Waals surface area contributed by atoms with E-state index < -0.39 is 5.97 Å². The molecule has 100 valence electrons. The van der Waals surface area contributed by atoms with E-state index in [1.165, 1.54) is 11.3 Å². The van der Waals surface area contributed by atoms with Crippen LogP contribution in [0, 0.1) is 6.92 Å². The van der Waals surface area contributed by atoms with Gasteiger partial charge in [-0.3, -0.25) is 0 Å². The molecule has 1 heterocycles. The van der Waals surface area contributed by atoms with Gasteiger partial charge in [-0.1, -0.05) is 27.5 Å². The van der Waals surface area contributed by atoms with E-state index in [9.17, 15) is 4.79 Å². The lowest BCUT2D eigenvalue weighted by Crippen LogP contribution is -1.96. The average Bonchev–Trinajstić information content (AvgIpc) is 2.70. The van der Waals surface area contributed by atoms with Crippen LogP contribution in [0.5, 0.6) is 5.75 Å². The van der Waals surface area contributed by atoms with E-state index in [1.807, 2.05) is 13.0 Å². The van der Waals surface area contributed by atoms with Crippen LogP contribution in [0.15, 0.2) is 28.7 Å². The number of aryl methyl sites for hydroxylation is 1. The number of carboxylic acid groups (broad SMARTS) is 1. The minimum atomic E-state index is -0.916. The number of aromatic carboxylic acids is 1. The lowest BCUT2D eigenvalue weighted by atomic mass is 10.2. The summed E-state index contributed by atoms with van der Waals surface area (Å²) >= 11 is 10.6. The van der Waals surface area contributed by atoms with Crippen LogP contribution in [0.4, 0.5) is 0 Å². The molecular weight excluding hydrogens is 352 g/mol. The molecule has 0 atom stereocenters. The Balaban J connectivity index is 2.12. The molecule has 0 aliphatic heterocycles. The Hall–Kier alpha value is -1.04. The van der Waals surface area contributed by atoms with Crippen molar-refractivity contribution in [2.75, 3.05) is 0 Å². The van der Waals surface area contributed by atoms with Gasteiger partial charge in [0.05, 0.1) is 5.02 Å². The zero-order valence-electron chi connectivity index (χ0n) is 9.94. The second kappa shape index (κ2) is 5.94. The van der Waals surface area contributed by atoms with Crippen molar-refractivity contribution in [3.63, 3.8) is 0 Å². The third-order valence-electron chi connectivity index (χ3n) is 2.51. The number of hydrogen-bond acceptors (Lipinski definition) is 3. The van der Waals surface area contributed by atoms with Crippen LogP contribution >= 0.6 is 38.9 Å². The number of halogens is 2. The Kier molecular flexibility index (Phi) is 4.50. The molecule has 2 rings (SSSR count). The number of carboxylic acids is 1. The van der Waals surface area contributed by atoms with Gasteiger partial charge < -0.3 is 9.84 Å². The van der Waals surface area contributed by atoms with Gasteiger partial charge in [0.15, 0.2) is 0 Å². The molecule has 19 heavy (non-hydrogen) atoms. The molecule has 0 saturated carbocycles. The van der Waals surface area contributed by atoms with Gasteiger partial charge in [0.25, 0.3) is 0 Å². The maximum atomic E-state index is 10.9. The number of carbonyl (C=O) groups is 1. The predicted molar refractivity (Wildman–Crippen MR) is 79.5 cm³/mol. The molecule has 1 aromatic heterocycles. The quantitative estimate of drug-likeness (QED) is 0.855. The summed E-state index contributed by atoms with van der Waals surface area (Å²) in [5.74, 6) is -0.339. The summed E-state index contributed by atoms with van der Waals surface area (Å²) in [6.07, 6.45) is 0. The van der Waals surface area contributed by atoms with E-state index in [2.05, 4.69) is 15.9 Å². The van der Waals surface area contributed by atoms with Crippen molar-refractivity contribution in [1.82, 2.24) is 0 Å². The van der Waals surface area contributed by atoms with Crippen molar-refractivity contribution < 1.29 is 14.6 Å². The average molecular weight is 362 g/mol. The fourth-order valence-corrected chi connectivity index (χ4v) is 3.11. The minimum Gasteiger partial charge on any atom is -0.487 e. The molecule has 1 N–H and O–H groups in total. The molecule has 0 amide bonds. The van der Waals surface area contributed by atoms with Gasteiger partial charge in [0.1, 0.15) is 17.2 Å². The number of hydrogen-bond donors (Lipinski definition) is 1. The van der Waals surface area contributed by atoms with Gasteiger partial charge in [-0.2, -0.15) is 0 Å². The van der Waals surface area contributed by atoms with Gasteiger partial charge >= 0.3 is 5.97 Å². The second-order valence-corrected chi connectivity index (χ2v) is 6.44. The van der Waals surface area contributed by atoms with Gasteiger partial charge in [0, 0.05) is 14.9 Å². The van der Waals surface area contributed by atoms with Crippen molar-refractivity contribution in [3.05, 3.63) is 49.1 Å². The molecule has 6 heteroatoms. The highest BCUT2D eigenvalue weighted by Crippen LogP contribution is 2.29. The lowest BCUT2D eigenvalue weighted by molar-refractivity contribution is 0.0702. The molecule has 0 aliphatic rings. The molecule has 0 unspecified atom stereocenters. The van der Waals surface area contributed by atoms with Crippen molar-refractivity contribution in [1.29, 1.82) is 0 Å². The molecule has 0 saturated heterocycles. The maximum Gasteiger partial charge on any atom is 0.345 e. The Bertz CT molecular complexity index is 624. The molecule has 0 radical (unpaired) electrons. The highest BCUT2D eigenvalue weighted by molar-refractivity contribution is 9.10. The van der Waals surface area contributed by atoms with Crippen LogP contribution in [0.1, 0.15) is 20.1 Å². The fraction of sp³-hybridized carbons (Fsp3) is 0.154. The van der Waals surface area contributed by atoms with E-state index in [0.717, 1.165) is 14.9 Å². The van der Waals surface area contributed by atoms with E-state index in [4.69, 9.17) is 21.4 Å². The molecule has 1 aromatic carbocycles. The summed E-state index contributed by atoms with van der Waals surface area (Å²) in [5, 5.41) is 9.44. The van der Waals surface area contributed by atoms with Gasteiger partial charge in [-0.05, 0) is 31.2 Å².